The summed E-state index contributed by atoms with van der Waals surface area (Å²) >= 11 is 0. The second-order valence-corrected chi connectivity index (χ2v) is 3.45. The fraction of sp³-hybridized carbons (Fsp3) is 0.455. The molecule has 1 amide bonds. The molecule has 0 aromatic heterocycles. The average Bonchev–Trinajstić information content (AvgIpc) is 2.17. The first-order valence-corrected chi connectivity index (χ1v) is 4.88. The van der Waals surface area contributed by atoms with Crippen molar-refractivity contribution in [2.24, 2.45) is 5.92 Å². The molecule has 1 aliphatic rings. The Morgan fingerprint density at radius 1 is 1.56 bits per heavy atom. The molecule has 1 fully saturated rings. The molecular formula is C11H13NO4. The number of ether oxygens (including phenoxy) is 1. The van der Waals surface area contributed by atoms with Gasteiger partial charge in [0, 0.05) is 31.3 Å². The van der Waals surface area contributed by atoms with Gasteiger partial charge in [-0.1, -0.05) is 18.6 Å². The molecule has 5 heteroatoms. The molecule has 1 rings (SSSR count). The van der Waals surface area contributed by atoms with Gasteiger partial charge >= 0.3 is 12.1 Å². The fourth-order valence-corrected chi connectivity index (χ4v) is 1.34. The Morgan fingerprint density at radius 3 is 2.81 bits per heavy atom. The Bertz CT molecular complexity index is 347. The van der Waals surface area contributed by atoms with Crippen molar-refractivity contribution in [1.29, 1.82) is 0 Å². The van der Waals surface area contributed by atoms with Crippen molar-refractivity contribution in [2.75, 3.05) is 19.7 Å². The Labute approximate surface area is 93.7 Å². The fourth-order valence-electron chi connectivity index (χ4n) is 1.34. The van der Waals surface area contributed by atoms with Crippen molar-refractivity contribution in [1.82, 2.24) is 4.90 Å². The van der Waals surface area contributed by atoms with Gasteiger partial charge < -0.3 is 14.7 Å². The van der Waals surface area contributed by atoms with Crippen LogP contribution >= 0.6 is 0 Å². The Kier molecular flexibility index (Phi) is 4.40. The maximum absolute atomic E-state index is 11.2. The first kappa shape index (κ1) is 12.1. The lowest BCUT2D eigenvalue weighted by Gasteiger charge is -2.37. The highest BCUT2D eigenvalue weighted by Gasteiger charge is 2.30. The summed E-state index contributed by atoms with van der Waals surface area (Å²) in [4.78, 5) is 22.9. The summed E-state index contributed by atoms with van der Waals surface area (Å²) < 4.78 is 4.82. The van der Waals surface area contributed by atoms with E-state index in [4.69, 9.17) is 9.84 Å². The normalized spacial score (nSPS) is 14.4. The van der Waals surface area contributed by atoms with Crippen LogP contribution in [-0.4, -0.2) is 41.8 Å². The van der Waals surface area contributed by atoms with Crippen LogP contribution in [0.25, 0.3) is 0 Å². The van der Waals surface area contributed by atoms with Gasteiger partial charge in [-0.15, -0.1) is 0 Å². The highest BCUT2D eigenvalue weighted by Crippen LogP contribution is 2.19. The van der Waals surface area contributed by atoms with Gasteiger partial charge in [0.25, 0.3) is 0 Å². The topological polar surface area (TPSA) is 66.8 Å². The molecule has 1 aliphatic heterocycles. The molecule has 0 aliphatic carbocycles. The first-order valence-electron chi connectivity index (χ1n) is 4.88. The van der Waals surface area contributed by atoms with E-state index in [1.54, 1.807) is 4.90 Å². The van der Waals surface area contributed by atoms with Crippen LogP contribution in [-0.2, 0) is 9.53 Å². The van der Waals surface area contributed by atoms with Crippen LogP contribution < -0.4 is 0 Å². The monoisotopic (exact) mass is 223 g/mol. The van der Waals surface area contributed by atoms with E-state index in [1.165, 1.54) is 6.08 Å². The van der Waals surface area contributed by atoms with E-state index in [-0.39, 0.29) is 18.6 Å². The molecule has 1 heterocycles. The zero-order valence-corrected chi connectivity index (χ0v) is 8.81. The lowest BCUT2D eigenvalue weighted by atomic mass is 9.97. The van der Waals surface area contributed by atoms with Crippen molar-refractivity contribution < 1.29 is 19.4 Å². The summed E-state index contributed by atoms with van der Waals surface area (Å²) in [6.45, 7) is 4.79. The summed E-state index contributed by atoms with van der Waals surface area (Å²) in [5.74, 6) is 3.72. The van der Waals surface area contributed by atoms with Gasteiger partial charge in [-0.3, -0.25) is 0 Å². The van der Waals surface area contributed by atoms with Crippen molar-refractivity contribution in [3.05, 3.63) is 12.7 Å². The molecule has 0 saturated carbocycles. The minimum atomic E-state index is -1.12. The Morgan fingerprint density at radius 2 is 2.25 bits per heavy atom. The summed E-state index contributed by atoms with van der Waals surface area (Å²) in [6, 6.07) is 0. The number of carboxylic acids is 1. The van der Waals surface area contributed by atoms with Gasteiger partial charge in [-0.25, -0.2) is 9.59 Å². The largest absolute Gasteiger partial charge is 0.472 e. The van der Waals surface area contributed by atoms with Crippen LogP contribution in [0.4, 0.5) is 4.79 Å². The number of carbonyl (C=O) groups is 2. The maximum Gasteiger partial charge on any atom is 0.410 e. The third-order valence-corrected chi connectivity index (χ3v) is 2.13. The van der Waals surface area contributed by atoms with Gasteiger partial charge in [0.05, 0.1) is 0 Å². The molecular weight excluding hydrogens is 210 g/mol. The molecule has 0 unspecified atom stereocenters. The number of rotatable bonds is 3. The zero-order valence-electron chi connectivity index (χ0n) is 8.81. The summed E-state index contributed by atoms with van der Waals surface area (Å²) in [7, 11) is 0. The molecule has 1 saturated heterocycles. The van der Waals surface area contributed by atoms with Crippen LogP contribution in [0.15, 0.2) is 12.7 Å². The second kappa shape index (κ2) is 5.81. The number of amides is 1. The van der Waals surface area contributed by atoms with E-state index in [1.807, 2.05) is 5.92 Å². The maximum atomic E-state index is 11.2. The van der Waals surface area contributed by atoms with Crippen LogP contribution in [0, 0.1) is 17.8 Å². The van der Waals surface area contributed by atoms with E-state index in [2.05, 4.69) is 12.5 Å². The third kappa shape index (κ3) is 3.65. The molecule has 0 spiro atoms. The smallest absolute Gasteiger partial charge is 0.410 e. The molecule has 0 aromatic carbocycles. The van der Waals surface area contributed by atoms with Crippen molar-refractivity contribution in [2.45, 2.75) is 6.42 Å². The van der Waals surface area contributed by atoms with Gasteiger partial charge in [-0.05, 0) is 0 Å². The number of carboxylic acid groups (broad SMARTS) is 1. The molecule has 0 bridgehead atoms. The minimum Gasteiger partial charge on any atom is -0.472 e. The SMILES string of the molecule is C=CCOC(=O)N1CC(CC#CC(=O)O)C1. The average molecular weight is 223 g/mol. The molecule has 1 N–H and O–H groups in total. The van der Waals surface area contributed by atoms with Crippen LogP contribution in [0.1, 0.15) is 6.42 Å². The number of nitrogens with zero attached hydrogens (tertiary/aromatic N) is 1. The van der Waals surface area contributed by atoms with Gasteiger partial charge in [0.2, 0.25) is 0 Å². The molecule has 0 radical (unpaired) electrons. The predicted octanol–water partition coefficient (Wildman–Crippen LogP) is 0.719. The number of carbonyl (C=O) groups excluding carboxylic acids is 1. The zero-order chi connectivity index (χ0) is 12.0. The van der Waals surface area contributed by atoms with Gasteiger partial charge in [-0.2, -0.15) is 0 Å². The van der Waals surface area contributed by atoms with Gasteiger partial charge in [0.15, 0.2) is 0 Å². The predicted molar refractivity (Wildman–Crippen MR) is 56.6 cm³/mol. The van der Waals surface area contributed by atoms with E-state index in [0.717, 1.165) is 0 Å². The van der Waals surface area contributed by atoms with E-state index >= 15 is 0 Å². The molecule has 16 heavy (non-hydrogen) atoms. The van der Waals surface area contributed by atoms with E-state index in [0.29, 0.717) is 19.5 Å². The second-order valence-electron chi connectivity index (χ2n) is 3.45. The summed E-state index contributed by atoms with van der Waals surface area (Å²) in [5.41, 5.74) is 0. The first-order chi connectivity index (χ1) is 7.63. The highest BCUT2D eigenvalue weighted by molar-refractivity contribution is 5.86. The summed E-state index contributed by atoms with van der Waals surface area (Å²) in [6.07, 6.45) is 1.65. The van der Waals surface area contributed by atoms with E-state index < -0.39 is 5.97 Å². The number of hydrogen-bond acceptors (Lipinski definition) is 3. The molecule has 0 atom stereocenters. The van der Waals surface area contributed by atoms with Crippen LogP contribution in [0.3, 0.4) is 0 Å². The van der Waals surface area contributed by atoms with Gasteiger partial charge in [0.1, 0.15) is 6.61 Å². The van der Waals surface area contributed by atoms with Crippen LogP contribution in [0.2, 0.25) is 0 Å². The standard InChI is InChI=1S/C11H13NO4/c1-2-6-16-11(15)12-7-9(8-12)4-3-5-10(13)14/h2,9H,1,4,6-8H2,(H,13,14). The Balaban J connectivity index is 2.18. The highest BCUT2D eigenvalue weighted by atomic mass is 16.6. The lowest BCUT2D eigenvalue weighted by molar-refractivity contribution is -0.130. The molecule has 5 nitrogen and oxygen atoms in total. The number of hydrogen-bond donors (Lipinski definition) is 1. The molecule has 86 valence electrons. The van der Waals surface area contributed by atoms with Crippen molar-refractivity contribution in [3.8, 4) is 11.8 Å². The van der Waals surface area contributed by atoms with Crippen LogP contribution in [0.5, 0.6) is 0 Å². The summed E-state index contributed by atoms with van der Waals surface area (Å²) in [5, 5.41) is 8.29. The lowest BCUT2D eigenvalue weighted by Crippen LogP contribution is -2.50. The molecule has 0 aromatic rings. The quantitative estimate of drug-likeness (QED) is 0.565. The Hall–Kier alpha value is -1.96. The number of likely N-dealkylation sites (tertiary alicyclic amines) is 1. The number of aliphatic carboxylic acids is 1. The van der Waals surface area contributed by atoms with Crippen molar-refractivity contribution >= 4 is 12.1 Å². The third-order valence-electron chi connectivity index (χ3n) is 2.13. The van der Waals surface area contributed by atoms with Crippen molar-refractivity contribution in [3.63, 3.8) is 0 Å². The van der Waals surface area contributed by atoms with E-state index in [9.17, 15) is 9.59 Å². The minimum absolute atomic E-state index is 0.207.